The SMILES string of the molecule is Cc1c(-c2ncc(F)c3cnc(Nc4ccc(S(C)(=O)=O)cc4)cc23)ccc2c1cnn2CC(O)(C(F)(F)F)C(F)(F)F. The van der Waals surface area contributed by atoms with Gasteiger partial charge in [-0.05, 0) is 48.9 Å². The van der Waals surface area contributed by atoms with Gasteiger partial charge in [-0.1, -0.05) is 6.07 Å². The van der Waals surface area contributed by atoms with Gasteiger partial charge in [0.25, 0.3) is 5.60 Å². The summed E-state index contributed by atoms with van der Waals surface area (Å²) in [5.74, 6) is -0.446. The summed E-state index contributed by atoms with van der Waals surface area (Å²) in [4.78, 5) is 8.51. The van der Waals surface area contributed by atoms with Gasteiger partial charge in [-0.2, -0.15) is 31.4 Å². The summed E-state index contributed by atoms with van der Waals surface area (Å²) in [5.41, 5.74) is -3.68. The summed E-state index contributed by atoms with van der Waals surface area (Å²) in [5, 5.41) is 16.9. The van der Waals surface area contributed by atoms with E-state index in [1.54, 1.807) is 6.92 Å². The van der Waals surface area contributed by atoms with Crippen LogP contribution in [0, 0.1) is 12.7 Å². The van der Waals surface area contributed by atoms with Crippen molar-refractivity contribution in [2.24, 2.45) is 0 Å². The van der Waals surface area contributed by atoms with Crippen molar-refractivity contribution in [2.75, 3.05) is 11.6 Å². The van der Waals surface area contributed by atoms with Crippen molar-refractivity contribution in [3.8, 4) is 11.3 Å². The Morgan fingerprint density at radius 3 is 2.14 bits per heavy atom. The monoisotopic (exact) mass is 627 g/mol. The van der Waals surface area contributed by atoms with E-state index in [1.165, 1.54) is 48.7 Å². The molecule has 8 nitrogen and oxygen atoms in total. The van der Waals surface area contributed by atoms with E-state index in [1.807, 2.05) is 0 Å². The standard InChI is InChI=1S/C27H20F7N5O3S/c1-14-17(7-8-22-19(14)11-37-39(22)13-25(40,26(29,30)31)27(32,33)34)24-18-9-23(35-10-20(18)21(28)12-36-24)38-15-3-5-16(6-4-15)43(2,41)42/h3-12,40H,13H2,1-2H3,(H,35,38). The zero-order valence-electron chi connectivity index (χ0n) is 22.1. The number of sulfone groups is 1. The van der Waals surface area contributed by atoms with Gasteiger partial charge in [-0.25, -0.2) is 17.8 Å². The zero-order chi connectivity index (χ0) is 31.5. The number of pyridine rings is 2. The first-order valence-corrected chi connectivity index (χ1v) is 14.1. The number of benzene rings is 2. The highest BCUT2D eigenvalue weighted by Gasteiger charge is 2.70. The average Bonchev–Trinajstić information content (AvgIpc) is 3.31. The Labute approximate surface area is 238 Å². The van der Waals surface area contributed by atoms with Crippen molar-refractivity contribution in [3.05, 3.63) is 72.4 Å². The van der Waals surface area contributed by atoms with Crippen LogP contribution in [0.3, 0.4) is 0 Å². The maximum Gasteiger partial charge on any atom is 0.428 e. The Kier molecular flexibility index (Phi) is 7.12. The predicted molar refractivity (Wildman–Crippen MR) is 143 cm³/mol. The molecule has 0 radical (unpaired) electrons. The summed E-state index contributed by atoms with van der Waals surface area (Å²) >= 11 is 0. The maximum atomic E-state index is 14.7. The van der Waals surface area contributed by atoms with Gasteiger partial charge < -0.3 is 10.4 Å². The van der Waals surface area contributed by atoms with Crippen molar-refractivity contribution in [3.63, 3.8) is 0 Å². The van der Waals surface area contributed by atoms with Crippen LogP contribution in [0.2, 0.25) is 0 Å². The van der Waals surface area contributed by atoms with E-state index in [-0.39, 0.29) is 38.1 Å². The molecule has 0 amide bonds. The number of nitrogens with one attached hydrogen (secondary N) is 1. The zero-order valence-corrected chi connectivity index (χ0v) is 22.9. The molecule has 226 valence electrons. The second kappa shape index (κ2) is 10.2. The molecule has 43 heavy (non-hydrogen) atoms. The minimum atomic E-state index is -6.02. The third-order valence-electron chi connectivity index (χ3n) is 6.95. The first kappa shape index (κ1) is 30.2. The molecular formula is C27H20F7N5O3S. The number of hydrogen-bond acceptors (Lipinski definition) is 7. The molecule has 0 spiro atoms. The Balaban J connectivity index is 1.56. The van der Waals surface area contributed by atoms with Crippen LogP contribution in [0.15, 0.2) is 66.0 Å². The molecule has 0 aliphatic rings. The van der Waals surface area contributed by atoms with Gasteiger partial charge >= 0.3 is 12.4 Å². The predicted octanol–water partition coefficient (Wildman–Crippen LogP) is 6.10. The Morgan fingerprint density at radius 2 is 1.53 bits per heavy atom. The number of aromatic nitrogens is 4. The third-order valence-corrected chi connectivity index (χ3v) is 8.07. The van der Waals surface area contributed by atoms with E-state index >= 15 is 0 Å². The molecule has 3 heterocycles. The minimum absolute atomic E-state index is 0.0820. The molecule has 2 aromatic carbocycles. The molecule has 2 N–H and O–H groups in total. The number of aliphatic hydroxyl groups is 1. The van der Waals surface area contributed by atoms with Gasteiger partial charge in [-0.15, -0.1) is 0 Å². The Hall–Kier alpha value is -4.31. The molecule has 0 aliphatic heterocycles. The fraction of sp³-hybridized carbons (Fsp3) is 0.222. The topological polar surface area (TPSA) is 110 Å². The number of aryl methyl sites for hydroxylation is 1. The van der Waals surface area contributed by atoms with Crippen LogP contribution in [0.4, 0.5) is 42.2 Å². The van der Waals surface area contributed by atoms with Crippen LogP contribution in [0.5, 0.6) is 0 Å². The number of rotatable bonds is 6. The van der Waals surface area contributed by atoms with E-state index in [9.17, 15) is 44.3 Å². The minimum Gasteiger partial charge on any atom is -0.372 e. The first-order chi connectivity index (χ1) is 19.9. The van der Waals surface area contributed by atoms with Gasteiger partial charge in [0.05, 0.1) is 35.0 Å². The van der Waals surface area contributed by atoms with Crippen LogP contribution >= 0.6 is 0 Å². The van der Waals surface area contributed by atoms with Crippen molar-refractivity contribution in [1.29, 1.82) is 0 Å². The summed E-state index contributed by atoms with van der Waals surface area (Å²) in [6.45, 7) is -0.379. The third kappa shape index (κ3) is 5.35. The molecule has 5 aromatic rings. The molecule has 0 fully saturated rings. The number of hydrogen-bond donors (Lipinski definition) is 2. The first-order valence-electron chi connectivity index (χ1n) is 12.2. The van der Waals surface area contributed by atoms with Crippen LogP contribution < -0.4 is 5.32 Å². The van der Waals surface area contributed by atoms with E-state index in [0.29, 0.717) is 21.5 Å². The van der Waals surface area contributed by atoms with E-state index < -0.39 is 40.2 Å². The normalized spacial score (nSPS) is 13.2. The molecule has 0 saturated carbocycles. The lowest BCUT2D eigenvalue weighted by molar-refractivity contribution is -0.372. The summed E-state index contributed by atoms with van der Waals surface area (Å²) in [6.07, 6.45) is -7.70. The van der Waals surface area contributed by atoms with Gasteiger partial charge in [0.2, 0.25) is 0 Å². The Bertz CT molecular complexity index is 1960. The van der Waals surface area contributed by atoms with Gasteiger partial charge in [0, 0.05) is 39.9 Å². The van der Waals surface area contributed by atoms with E-state index in [2.05, 4.69) is 20.4 Å². The molecule has 0 unspecified atom stereocenters. The molecule has 0 saturated heterocycles. The number of fused-ring (bicyclic) bond motifs is 2. The maximum absolute atomic E-state index is 14.7. The highest BCUT2D eigenvalue weighted by molar-refractivity contribution is 7.90. The quantitative estimate of drug-likeness (QED) is 0.219. The van der Waals surface area contributed by atoms with Crippen molar-refractivity contribution >= 4 is 43.0 Å². The summed E-state index contributed by atoms with van der Waals surface area (Å²) in [6, 6.07) is 9.95. The van der Waals surface area contributed by atoms with Crippen molar-refractivity contribution in [1.82, 2.24) is 19.7 Å². The lowest BCUT2D eigenvalue weighted by Gasteiger charge is -2.32. The Morgan fingerprint density at radius 1 is 0.884 bits per heavy atom. The van der Waals surface area contributed by atoms with Crippen LogP contribution in [-0.2, 0) is 16.4 Å². The average molecular weight is 628 g/mol. The van der Waals surface area contributed by atoms with Gasteiger partial charge in [0.1, 0.15) is 5.82 Å². The number of anilines is 2. The van der Waals surface area contributed by atoms with Crippen LogP contribution in [-0.4, -0.2) is 57.5 Å². The molecule has 0 atom stereocenters. The molecule has 16 heteroatoms. The van der Waals surface area contributed by atoms with Gasteiger partial charge in [-0.3, -0.25) is 9.67 Å². The number of alkyl halides is 6. The highest BCUT2D eigenvalue weighted by atomic mass is 32.2. The lowest BCUT2D eigenvalue weighted by atomic mass is 9.98. The summed E-state index contributed by atoms with van der Waals surface area (Å²) < 4.78 is 118. The van der Waals surface area contributed by atoms with Crippen LogP contribution in [0.25, 0.3) is 32.9 Å². The van der Waals surface area contributed by atoms with Crippen LogP contribution in [0.1, 0.15) is 5.56 Å². The largest absolute Gasteiger partial charge is 0.428 e. The second-order valence-electron chi connectivity index (χ2n) is 9.82. The second-order valence-corrected chi connectivity index (χ2v) is 11.8. The van der Waals surface area contributed by atoms with Crippen molar-refractivity contribution < 1.29 is 44.3 Å². The highest BCUT2D eigenvalue weighted by Crippen LogP contribution is 2.44. The van der Waals surface area contributed by atoms with E-state index in [0.717, 1.165) is 18.6 Å². The van der Waals surface area contributed by atoms with E-state index in [4.69, 9.17) is 0 Å². The fourth-order valence-corrected chi connectivity index (χ4v) is 5.18. The lowest BCUT2D eigenvalue weighted by Crippen LogP contribution is -2.59. The summed E-state index contributed by atoms with van der Waals surface area (Å²) in [7, 11) is -3.41. The number of halogens is 7. The molecular weight excluding hydrogens is 607 g/mol. The molecule has 0 bridgehead atoms. The number of nitrogens with zero attached hydrogens (tertiary/aromatic N) is 4. The molecule has 5 rings (SSSR count). The van der Waals surface area contributed by atoms with Crippen molar-refractivity contribution in [2.45, 2.75) is 36.3 Å². The fourth-order valence-electron chi connectivity index (χ4n) is 4.55. The molecule has 0 aliphatic carbocycles. The smallest absolute Gasteiger partial charge is 0.372 e. The van der Waals surface area contributed by atoms with Gasteiger partial charge in [0.15, 0.2) is 15.7 Å². The molecule has 3 aromatic heterocycles.